The number of nitrogens with one attached hydrogen (secondary N) is 1. The van der Waals surface area contributed by atoms with Crippen LogP contribution in [0.3, 0.4) is 0 Å². The monoisotopic (exact) mass is 300 g/mol. The Hall–Kier alpha value is -0.100. The van der Waals surface area contributed by atoms with Crippen molar-refractivity contribution in [2.45, 2.75) is 6.42 Å². The van der Waals surface area contributed by atoms with E-state index in [0.717, 1.165) is 24.0 Å². The van der Waals surface area contributed by atoms with Crippen molar-refractivity contribution in [2.75, 3.05) is 34.2 Å². The van der Waals surface area contributed by atoms with Crippen LogP contribution in [-0.2, 0) is 4.79 Å². The second-order valence-corrected chi connectivity index (χ2v) is 3.86. The van der Waals surface area contributed by atoms with Gasteiger partial charge in [0.25, 0.3) is 0 Å². The number of rotatable bonds is 5. The summed E-state index contributed by atoms with van der Waals surface area (Å²) in [5.41, 5.74) is 0. The van der Waals surface area contributed by atoms with Gasteiger partial charge in [0.05, 0.1) is 27.7 Å². The van der Waals surface area contributed by atoms with Crippen LogP contribution in [0, 0.1) is 0 Å². The summed E-state index contributed by atoms with van der Waals surface area (Å²) in [5, 5.41) is 2.74. The second-order valence-electron chi connectivity index (χ2n) is 3.86. The van der Waals surface area contributed by atoms with Crippen molar-refractivity contribution < 1.29 is 33.3 Å². The van der Waals surface area contributed by atoms with Crippen LogP contribution in [0.2, 0.25) is 0 Å². The van der Waals surface area contributed by atoms with E-state index in [1.54, 1.807) is 0 Å². The Bertz CT molecular complexity index is 163. The fraction of sp³-hybridized carbons (Fsp3) is 0.667. The van der Waals surface area contributed by atoms with Crippen LogP contribution in [0.25, 0.3) is 0 Å². The quantitative estimate of drug-likeness (QED) is 0.247. The van der Waals surface area contributed by atoms with Crippen LogP contribution >= 0.6 is 0 Å². The first-order valence-corrected chi connectivity index (χ1v) is 4.16. The summed E-state index contributed by atoms with van der Waals surface area (Å²) in [6.07, 6.45) is 2.30. The van der Waals surface area contributed by atoms with Crippen molar-refractivity contribution in [3.05, 3.63) is 12.7 Å². The normalized spacial score (nSPS) is 10.1. The smallest absolute Gasteiger partial charge is 0.243 e. The van der Waals surface area contributed by atoms with Crippen molar-refractivity contribution >= 4 is 5.91 Å². The van der Waals surface area contributed by atoms with E-state index in [1.807, 2.05) is 0 Å². The molecule has 0 aromatic carbocycles. The van der Waals surface area contributed by atoms with Gasteiger partial charge in [0.1, 0.15) is 0 Å². The number of hydrogen-bond acceptors (Lipinski definition) is 1. The first kappa shape index (κ1) is 15.4. The lowest BCUT2D eigenvalue weighted by molar-refractivity contribution is -0.870. The Morgan fingerprint density at radius 2 is 2.00 bits per heavy atom. The molecule has 0 heterocycles. The molecule has 0 aliphatic heterocycles. The third-order valence-electron chi connectivity index (χ3n) is 1.49. The summed E-state index contributed by atoms with van der Waals surface area (Å²) in [6.45, 7) is 5.18. The minimum Gasteiger partial charge on any atom is -0.352 e. The van der Waals surface area contributed by atoms with E-state index in [-0.39, 0.29) is 29.9 Å². The molecule has 0 atom stereocenters. The van der Waals surface area contributed by atoms with Gasteiger partial charge in [-0.1, -0.05) is 6.58 Å². The molecule has 0 unspecified atom stereocenters. The fourth-order valence-electron chi connectivity index (χ4n) is 0.837. The van der Waals surface area contributed by atoms with Crippen LogP contribution in [-0.4, -0.2) is 44.6 Å². The molecule has 0 aromatic rings. The summed E-state index contributed by atoms with van der Waals surface area (Å²) in [5.74, 6) is -0.0867. The third kappa shape index (κ3) is 11.9. The predicted molar refractivity (Wildman–Crippen MR) is 53.5 cm³/mol. The Balaban J connectivity index is 0. The van der Waals surface area contributed by atoms with E-state index in [0.29, 0.717) is 0 Å². The minimum absolute atomic E-state index is 0. The molecule has 13 heavy (non-hydrogen) atoms. The SMILES string of the molecule is C=CC(=O)NCCC[N+](C)(C)C.[IH2+]. The van der Waals surface area contributed by atoms with Gasteiger partial charge in [-0.05, 0) is 6.08 Å². The number of amides is 1. The number of quaternary nitrogens is 1. The van der Waals surface area contributed by atoms with E-state index < -0.39 is 0 Å². The average molecular weight is 300 g/mol. The lowest BCUT2D eigenvalue weighted by Gasteiger charge is -2.23. The highest BCUT2D eigenvalue weighted by atomic mass is 127. The molecule has 0 aromatic heterocycles. The van der Waals surface area contributed by atoms with Crippen LogP contribution in [0.4, 0.5) is 0 Å². The highest BCUT2D eigenvalue weighted by Gasteiger charge is 2.05. The van der Waals surface area contributed by atoms with E-state index in [9.17, 15) is 4.79 Å². The van der Waals surface area contributed by atoms with Gasteiger partial charge in [-0.2, -0.15) is 0 Å². The van der Waals surface area contributed by atoms with E-state index in [2.05, 4.69) is 33.0 Å². The predicted octanol–water partition coefficient (Wildman–Crippen LogP) is -3.15. The van der Waals surface area contributed by atoms with Crippen molar-refractivity contribution in [1.82, 2.24) is 5.32 Å². The zero-order valence-corrected chi connectivity index (χ0v) is 11.3. The van der Waals surface area contributed by atoms with Gasteiger partial charge in [-0.25, -0.2) is 0 Å². The van der Waals surface area contributed by atoms with Gasteiger partial charge in [0.2, 0.25) is 29.9 Å². The zero-order chi connectivity index (χ0) is 9.61. The molecular weight excluding hydrogens is 279 g/mol. The standard InChI is InChI=1S/C9H18N2O.H2I/c1-5-9(12)10-7-6-8-11(2,3)4;/h5H,1,6-8H2,2-4H3;1H2/q;+1/p+1. The van der Waals surface area contributed by atoms with E-state index >= 15 is 0 Å². The molecule has 0 rings (SSSR count). The van der Waals surface area contributed by atoms with Crippen LogP contribution in [0.1, 0.15) is 6.42 Å². The zero-order valence-electron chi connectivity index (χ0n) is 8.71. The summed E-state index contributed by atoms with van der Waals surface area (Å²) in [7, 11) is 6.40. The number of halogens is 1. The van der Waals surface area contributed by atoms with Crippen molar-refractivity contribution in [1.29, 1.82) is 0 Å². The highest BCUT2D eigenvalue weighted by molar-refractivity contribution is 5.86. The van der Waals surface area contributed by atoms with Gasteiger partial charge in [-0.3, -0.25) is 4.79 Å². The molecule has 3 nitrogen and oxygen atoms in total. The van der Waals surface area contributed by atoms with Gasteiger partial charge in [0.15, 0.2) is 0 Å². The number of hydrogen-bond donors (Lipinski definition) is 1. The largest absolute Gasteiger partial charge is 0.352 e. The number of carbonyl (C=O) groups excluding carboxylic acids is 1. The highest BCUT2D eigenvalue weighted by Crippen LogP contribution is 1.91. The molecule has 0 aliphatic rings. The van der Waals surface area contributed by atoms with Gasteiger partial charge >= 0.3 is 0 Å². The van der Waals surface area contributed by atoms with Gasteiger partial charge in [-0.15, -0.1) is 0 Å². The topological polar surface area (TPSA) is 29.1 Å². The molecule has 78 valence electrons. The molecule has 0 bridgehead atoms. The summed E-state index contributed by atoms with van der Waals surface area (Å²) in [6, 6.07) is 0. The lowest BCUT2D eigenvalue weighted by atomic mass is 10.3. The van der Waals surface area contributed by atoms with E-state index in [1.165, 1.54) is 6.08 Å². The molecule has 0 radical (unpaired) electrons. The second kappa shape index (κ2) is 7.32. The van der Waals surface area contributed by atoms with E-state index in [4.69, 9.17) is 0 Å². The number of nitrogens with zero attached hydrogens (tertiary/aromatic N) is 1. The molecule has 0 saturated carbocycles. The summed E-state index contributed by atoms with van der Waals surface area (Å²) in [4.78, 5) is 10.7. The molecule has 0 fully saturated rings. The molecule has 1 amide bonds. The molecule has 0 aliphatic carbocycles. The van der Waals surface area contributed by atoms with Crippen molar-refractivity contribution in [3.63, 3.8) is 0 Å². The molecule has 0 saturated heterocycles. The summed E-state index contributed by atoms with van der Waals surface area (Å²) < 4.78 is 0.934. The van der Waals surface area contributed by atoms with Crippen molar-refractivity contribution in [3.8, 4) is 0 Å². The van der Waals surface area contributed by atoms with Crippen LogP contribution < -0.4 is 29.3 Å². The Kier molecular flexibility index (Phi) is 8.65. The molecule has 1 N–H and O–H groups in total. The Morgan fingerprint density at radius 1 is 1.46 bits per heavy atom. The Morgan fingerprint density at radius 3 is 2.38 bits per heavy atom. The first-order chi connectivity index (χ1) is 5.45. The molecule has 0 spiro atoms. The maximum Gasteiger partial charge on any atom is 0.243 e. The third-order valence-corrected chi connectivity index (χ3v) is 1.49. The maximum absolute atomic E-state index is 10.7. The Labute approximate surface area is 97.8 Å². The summed E-state index contributed by atoms with van der Waals surface area (Å²) >= 11 is 0. The molecular formula is C9H21IN2O+2. The fourth-order valence-corrected chi connectivity index (χ4v) is 0.837. The van der Waals surface area contributed by atoms with Crippen LogP contribution in [0.15, 0.2) is 12.7 Å². The van der Waals surface area contributed by atoms with Gasteiger partial charge < -0.3 is 9.80 Å². The van der Waals surface area contributed by atoms with Gasteiger partial charge in [0, 0.05) is 13.0 Å². The lowest BCUT2D eigenvalue weighted by Crippen LogP contribution is -3.00. The first-order valence-electron chi connectivity index (χ1n) is 4.16. The average Bonchev–Trinajstić information content (AvgIpc) is 1.96. The molecule has 4 heteroatoms. The maximum atomic E-state index is 10.7. The minimum atomic E-state index is -0.0867. The van der Waals surface area contributed by atoms with Crippen LogP contribution in [0.5, 0.6) is 0 Å². The number of carbonyl (C=O) groups is 1. The van der Waals surface area contributed by atoms with Crippen molar-refractivity contribution in [2.24, 2.45) is 0 Å².